The lowest BCUT2D eigenvalue weighted by atomic mass is 10.0. The third-order valence-corrected chi connectivity index (χ3v) is 11.3. The van der Waals surface area contributed by atoms with Gasteiger partial charge in [0.15, 0.2) is 0 Å². The molecule has 2 amide bonds. The molecule has 7 nitrogen and oxygen atoms in total. The molecule has 1 aliphatic carbocycles. The van der Waals surface area contributed by atoms with E-state index in [1.807, 2.05) is 63.2 Å². The van der Waals surface area contributed by atoms with Gasteiger partial charge >= 0.3 is 0 Å². The summed E-state index contributed by atoms with van der Waals surface area (Å²) >= 11 is 12.6. The van der Waals surface area contributed by atoms with Crippen LogP contribution in [0.5, 0.6) is 0 Å². The molecule has 1 N–H and O–H groups in total. The molecule has 5 rings (SSSR count). The number of sulfonamides is 1. The minimum absolute atomic E-state index is 0.0105. The number of carbonyl (C=O) groups is 2. The minimum Gasteiger partial charge on any atom is -0.352 e. The van der Waals surface area contributed by atoms with Gasteiger partial charge in [0.05, 0.1) is 20.6 Å². The van der Waals surface area contributed by atoms with Crippen LogP contribution in [0.25, 0.3) is 0 Å². The van der Waals surface area contributed by atoms with Gasteiger partial charge in [0, 0.05) is 19.0 Å². The van der Waals surface area contributed by atoms with Crippen molar-refractivity contribution in [1.29, 1.82) is 0 Å². The van der Waals surface area contributed by atoms with Gasteiger partial charge in [-0.3, -0.25) is 13.9 Å². The lowest BCUT2D eigenvalue weighted by molar-refractivity contribution is -0.140. The summed E-state index contributed by atoms with van der Waals surface area (Å²) in [7, 11) is -4.20. The van der Waals surface area contributed by atoms with E-state index in [0.717, 1.165) is 46.7 Å². The first-order chi connectivity index (χ1) is 22.9. The summed E-state index contributed by atoms with van der Waals surface area (Å²) in [5.41, 5.74) is 4.49. The molecule has 4 aromatic rings. The van der Waals surface area contributed by atoms with E-state index >= 15 is 0 Å². The zero-order valence-corrected chi connectivity index (χ0v) is 29.8. The molecule has 0 aromatic heterocycles. The number of halogens is 2. The highest BCUT2D eigenvalue weighted by atomic mass is 35.5. The highest BCUT2D eigenvalue weighted by Gasteiger charge is 2.36. The quantitative estimate of drug-likeness (QED) is 0.163. The number of hydrogen-bond acceptors (Lipinski definition) is 4. The topological polar surface area (TPSA) is 86.8 Å². The van der Waals surface area contributed by atoms with E-state index in [-0.39, 0.29) is 29.8 Å². The van der Waals surface area contributed by atoms with Gasteiger partial charge < -0.3 is 10.2 Å². The fourth-order valence-corrected chi connectivity index (χ4v) is 7.99. The number of carbonyl (C=O) groups excluding carboxylic acids is 2. The van der Waals surface area contributed by atoms with Gasteiger partial charge in [-0.25, -0.2) is 8.42 Å². The summed E-state index contributed by atoms with van der Waals surface area (Å²) in [4.78, 5) is 30.5. The van der Waals surface area contributed by atoms with E-state index in [1.165, 1.54) is 4.90 Å². The molecule has 0 aliphatic heterocycles. The molecule has 1 saturated carbocycles. The molecule has 0 saturated heterocycles. The standard InChI is InChI=1S/C38H41Cl2N3O4S/c1-26-13-17-32(18-14-26)48(46,47)43(35-20-15-27(2)21-28(35)3)25-37(44)42(24-30-16-19-33(39)34(40)22-30)36(23-29-9-5-4-6-10-29)38(45)41-31-11-7-8-12-31/h4-6,9-10,13-22,31,36H,7-8,11-12,23-25H2,1-3H3,(H,41,45). The van der Waals surface area contributed by atoms with Crippen molar-refractivity contribution < 1.29 is 18.0 Å². The Morgan fingerprint density at radius 2 is 1.48 bits per heavy atom. The van der Waals surface area contributed by atoms with Crippen molar-refractivity contribution in [2.45, 2.75) is 76.4 Å². The largest absolute Gasteiger partial charge is 0.352 e. The monoisotopic (exact) mass is 705 g/mol. The first-order valence-corrected chi connectivity index (χ1v) is 18.4. The Labute approximate surface area is 293 Å². The van der Waals surface area contributed by atoms with Gasteiger partial charge in [0.2, 0.25) is 11.8 Å². The molecular formula is C38H41Cl2N3O4S. The van der Waals surface area contributed by atoms with Crippen LogP contribution >= 0.6 is 23.2 Å². The minimum atomic E-state index is -4.20. The normalized spacial score (nSPS) is 14.0. The van der Waals surface area contributed by atoms with Crippen molar-refractivity contribution in [3.8, 4) is 0 Å². The molecular weight excluding hydrogens is 665 g/mol. The summed E-state index contributed by atoms with van der Waals surface area (Å²) < 4.78 is 29.9. The Hall–Kier alpha value is -3.85. The van der Waals surface area contributed by atoms with Crippen molar-refractivity contribution in [3.63, 3.8) is 0 Å². The van der Waals surface area contributed by atoms with Crippen LogP contribution in [-0.2, 0) is 32.6 Å². The van der Waals surface area contributed by atoms with Crippen LogP contribution in [0.3, 0.4) is 0 Å². The van der Waals surface area contributed by atoms with E-state index in [0.29, 0.717) is 26.9 Å². The van der Waals surface area contributed by atoms with Gasteiger partial charge in [-0.2, -0.15) is 0 Å². The second-order valence-electron chi connectivity index (χ2n) is 12.6. The average molecular weight is 707 g/mol. The summed E-state index contributed by atoms with van der Waals surface area (Å²) in [5, 5.41) is 3.87. The maximum Gasteiger partial charge on any atom is 0.264 e. The molecule has 48 heavy (non-hydrogen) atoms. The summed E-state index contributed by atoms with van der Waals surface area (Å²) in [6, 6.07) is 25.7. The molecule has 1 atom stereocenters. The van der Waals surface area contributed by atoms with Gasteiger partial charge in [0.25, 0.3) is 10.0 Å². The number of hydrogen-bond donors (Lipinski definition) is 1. The molecule has 1 unspecified atom stereocenters. The van der Waals surface area contributed by atoms with Crippen molar-refractivity contribution in [2.75, 3.05) is 10.8 Å². The Morgan fingerprint density at radius 1 is 0.812 bits per heavy atom. The second kappa shape index (κ2) is 15.6. The van der Waals surface area contributed by atoms with Gasteiger partial charge in [-0.1, -0.05) is 108 Å². The Bertz CT molecular complexity index is 1860. The van der Waals surface area contributed by atoms with Crippen LogP contribution in [0.15, 0.2) is 95.9 Å². The number of nitrogens with zero attached hydrogens (tertiary/aromatic N) is 2. The van der Waals surface area contributed by atoms with E-state index in [4.69, 9.17) is 23.2 Å². The smallest absolute Gasteiger partial charge is 0.264 e. The first kappa shape index (κ1) is 35.5. The van der Waals surface area contributed by atoms with Gasteiger partial charge in [0.1, 0.15) is 12.6 Å². The Kier molecular flexibility index (Phi) is 11.5. The van der Waals surface area contributed by atoms with E-state index in [1.54, 1.807) is 48.5 Å². The van der Waals surface area contributed by atoms with Crippen LogP contribution in [0.4, 0.5) is 5.69 Å². The lowest BCUT2D eigenvalue weighted by Gasteiger charge is -2.34. The highest BCUT2D eigenvalue weighted by molar-refractivity contribution is 7.92. The third-order valence-electron chi connectivity index (χ3n) is 8.82. The zero-order chi connectivity index (χ0) is 34.4. The predicted molar refractivity (Wildman–Crippen MR) is 193 cm³/mol. The first-order valence-electron chi connectivity index (χ1n) is 16.2. The average Bonchev–Trinajstić information content (AvgIpc) is 3.57. The molecule has 0 heterocycles. The SMILES string of the molecule is Cc1ccc(S(=O)(=O)N(CC(=O)N(Cc2ccc(Cl)c(Cl)c2)C(Cc2ccccc2)C(=O)NC2CCCC2)c2ccc(C)cc2C)cc1. The molecule has 252 valence electrons. The van der Waals surface area contributed by atoms with E-state index < -0.39 is 28.5 Å². The van der Waals surface area contributed by atoms with Crippen LogP contribution in [0, 0.1) is 20.8 Å². The summed E-state index contributed by atoms with van der Waals surface area (Å²) in [6.45, 7) is 5.12. The van der Waals surface area contributed by atoms with Gasteiger partial charge in [-0.05, 0) is 80.6 Å². The molecule has 1 aliphatic rings. The molecule has 1 fully saturated rings. The van der Waals surface area contributed by atoms with Crippen LogP contribution in [-0.4, -0.2) is 43.8 Å². The molecule has 0 spiro atoms. The highest BCUT2D eigenvalue weighted by Crippen LogP contribution is 2.30. The fraction of sp³-hybridized carbons (Fsp3) is 0.316. The Morgan fingerprint density at radius 3 is 2.12 bits per heavy atom. The lowest BCUT2D eigenvalue weighted by Crippen LogP contribution is -2.54. The number of aryl methyl sites for hydroxylation is 3. The van der Waals surface area contributed by atoms with Crippen LogP contribution < -0.4 is 9.62 Å². The maximum atomic E-state index is 14.7. The number of amides is 2. The zero-order valence-electron chi connectivity index (χ0n) is 27.5. The molecule has 4 aromatic carbocycles. The summed E-state index contributed by atoms with van der Waals surface area (Å²) in [6.07, 6.45) is 4.05. The number of nitrogens with one attached hydrogen (secondary N) is 1. The number of anilines is 1. The van der Waals surface area contributed by atoms with Crippen LogP contribution in [0.2, 0.25) is 10.0 Å². The second-order valence-corrected chi connectivity index (χ2v) is 15.3. The number of rotatable bonds is 12. The van der Waals surface area contributed by atoms with Crippen molar-refractivity contribution in [3.05, 3.63) is 129 Å². The molecule has 0 radical (unpaired) electrons. The van der Waals surface area contributed by atoms with Crippen molar-refractivity contribution in [2.24, 2.45) is 0 Å². The van der Waals surface area contributed by atoms with E-state index in [2.05, 4.69) is 5.32 Å². The van der Waals surface area contributed by atoms with Crippen molar-refractivity contribution in [1.82, 2.24) is 10.2 Å². The molecule has 0 bridgehead atoms. The van der Waals surface area contributed by atoms with E-state index in [9.17, 15) is 18.0 Å². The predicted octanol–water partition coefficient (Wildman–Crippen LogP) is 7.81. The summed E-state index contributed by atoms with van der Waals surface area (Å²) in [5.74, 6) is -0.808. The van der Waals surface area contributed by atoms with Crippen molar-refractivity contribution >= 4 is 50.7 Å². The van der Waals surface area contributed by atoms with Crippen LogP contribution in [0.1, 0.15) is 53.5 Å². The molecule has 10 heteroatoms. The maximum absolute atomic E-state index is 14.7. The van der Waals surface area contributed by atoms with Gasteiger partial charge in [-0.15, -0.1) is 0 Å². The number of benzene rings is 4. The third kappa shape index (κ3) is 8.59. The Balaban J connectivity index is 1.59. The fourth-order valence-electron chi connectivity index (χ4n) is 6.19.